The summed E-state index contributed by atoms with van der Waals surface area (Å²) in [5, 5.41) is 9.70. The van der Waals surface area contributed by atoms with E-state index in [0.717, 1.165) is 0 Å². The minimum atomic E-state index is -0.358. The maximum atomic E-state index is 13.8. The minimum Gasteiger partial charge on any atom is -0.394 e. The molecule has 5 heteroatoms. The molecule has 0 spiro atoms. The molecule has 1 atom stereocenters. The van der Waals surface area contributed by atoms with E-state index in [0.29, 0.717) is 30.2 Å². The van der Waals surface area contributed by atoms with E-state index in [2.05, 4.69) is 4.90 Å². The first-order valence-electron chi connectivity index (χ1n) is 6.35. The van der Waals surface area contributed by atoms with Crippen LogP contribution in [-0.2, 0) is 11.3 Å². The van der Waals surface area contributed by atoms with Crippen LogP contribution in [-0.4, -0.2) is 41.4 Å². The van der Waals surface area contributed by atoms with E-state index in [9.17, 15) is 9.50 Å². The summed E-state index contributed by atoms with van der Waals surface area (Å²) in [6, 6.07) is 4.70. The maximum absolute atomic E-state index is 13.8. The zero-order valence-electron chi connectivity index (χ0n) is 11.2. The van der Waals surface area contributed by atoms with Crippen LogP contribution in [0.1, 0.15) is 19.4 Å². The molecule has 3 nitrogen and oxygen atoms in total. The lowest BCUT2D eigenvalue weighted by atomic mass is 10.0. The van der Waals surface area contributed by atoms with Crippen molar-refractivity contribution in [1.82, 2.24) is 4.90 Å². The number of hydrogen-bond donors (Lipinski definition) is 1. The van der Waals surface area contributed by atoms with E-state index >= 15 is 0 Å². The van der Waals surface area contributed by atoms with Gasteiger partial charge in [-0.25, -0.2) is 4.39 Å². The van der Waals surface area contributed by atoms with Crippen molar-refractivity contribution in [1.29, 1.82) is 0 Å². The van der Waals surface area contributed by atoms with E-state index in [1.54, 1.807) is 12.1 Å². The normalized spacial score (nSPS) is 23.5. The number of morpholine rings is 1. The Labute approximate surface area is 117 Å². The van der Waals surface area contributed by atoms with Crippen LogP contribution in [0.15, 0.2) is 18.2 Å². The van der Waals surface area contributed by atoms with Crippen molar-refractivity contribution in [3.05, 3.63) is 34.6 Å². The Balaban J connectivity index is 2.14. The Bertz CT molecular complexity index is 433. The van der Waals surface area contributed by atoms with Crippen molar-refractivity contribution < 1.29 is 14.2 Å². The number of aliphatic hydroxyl groups excluding tert-OH is 1. The monoisotopic (exact) mass is 287 g/mol. The molecule has 1 saturated heterocycles. The average Bonchev–Trinajstić information content (AvgIpc) is 2.32. The molecule has 2 rings (SSSR count). The van der Waals surface area contributed by atoms with Gasteiger partial charge < -0.3 is 9.84 Å². The van der Waals surface area contributed by atoms with E-state index in [-0.39, 0.29) is 24.1 Å². The lowest BCUT2D eigenvalue weighted by molar-refractivity contribution is -0.150. The van der Waals surface area contributed by atoms with Crippen LogP contribution in [0.2, 0.25) is 5.02 Å². The van der Waals surface area contributed by atoms with E-state index in [1.165, 1.54) is 6.07 Å². The molecule has 1 aliphatic heterocycles. The van der Waals surface area contributed by atoms with Gasteiger partial charge >= 0.3 is 0 Å². The highest BCUT2D eigenvalue weighted by Gasteiger charge is 2.33. The van der Waals surface area contributed by atoms with E-state index < -0.39 is 0 Å². The van der Waals surface area contributed by atoms with Gasteiger partial charge in [0.05, 0.1) is 18.3 Å². The van der Waals surface area contributed by atoms with Crippen molar-refractivity contribution in [3.63, 3.8) is 0 Å². The lowest BCUT2D eigenvalue weighted by Gasteiger charge is -2.42. The fourth-order valence-corrected chi connectivity index (χ4v) is 2.76. The smallest absolute Gasteiger partial charge is 0.129 e. The fourth-order valence-electron chi connectivity index (χ4n) is 2.54. The van der Waals surface area contributed by atoms with Crippen LogP contribution < -0.4 is 0 Å². The van der Waals surface area contributed by atoms with Gasteiger partial charge in [-0.2, -0.15) is 0 Å². The molecule has 1 unspecified atom stereocenters. The molecule has 1 heterocycles. The maximum Gasteiger partial charge on any atom is 0.129 e. The third kappa shape index (κ3) is 3.66. The number of hydrogen-bond acceptors (Lipinski definition) is 3. The molecule has 1 aromatic carbocycles. The van der Waals surface area contributed by atoms with Gasteiger partial charge in [0.2, 0.25) is 0 Å². The zero-order valence-corrected chi connectivity index (χ0v) is 12.0. The third-order valence-corrected chi connectivity index (χ3v) is 3.55. The second kappa shape index (κ2) is 5.75. The first-order valence-corrected chi connectivity index (χ1v) is 6.73. The Hall–Kier alpha value is -0.680. The zero-order chi connectivity index (χ0) is 14.0. The van der Waals surface area contributed by atoms with Crippen LogP contribution in [0, 0.1) is 5.82 Å². The van der Waals surface area contributed by atoms with Gasteiger partial charge in [0.1, 0.15) is 5.82 Å². The Morgan fingerprint density at radius 3 is 2.89 bits per heavy atom. The molecule has 0 aromatic heterocycles. The molecule has 1 fully saturated rings. The van der Waals surface area contributed by atoms with Crippen molar-refractivity contribution in [3.8, 4) is 0 Å². The summed E-state index contributed by atoms with van der Waals surface area (Å²) in [5.41, 5.74) is 0.141. The quantitative estimate of drug-likeness (QED) is 0.927. The Kier molecular flexibility index (Phi) is 4.46. The second-order valence-electron chi connectivity index (χ2n) is 5.55. The number of benzene rings is 1. The predicted molar refractivity (Wildman–Crippen MR) is 72.7 cm³/mol. The molecule has 0 saturated carbocycles. The van der Waals surface area contributed by atoms with Gasteiger partial charge in [-0.05, 0) is 26.0 Å². The van der Waals surface area contributed by atoms with Gasteiger partial charge in [-0.15, -0.1) is 0 Å². The summed E-state index contributed by atoms with van der Waals surface area (Å²) >= 11 is 6.04. The minimum absolute atomic E-state index is 0.0368. The predicted octanol–water partition coefficient (Wildman–Crippen LogP) is 2.45. The molecule has 19 heavy (non-hydrogen) atoms. The van der Waals surface area contributed by atoms with Crippen LogP contribution in [0.25, 0.3) is 0 Å². The molecule has 1 aliphatic rings. The molecular formula is C14H19ClFNO2. The number of rotatable bonds is 3. The number of aliphatic hydroxyl groups is 1. The molecule has 0 bridgehead atoms. The van der Waals surface area contributed by atoms with Gasteiger partial charge in [0, 0.05) is 30.2 Å². The van der Waals surface area contributed by atoms with E-state index in [4.69, 9.17) is 16.3 Å². The van der Waals surface area contributed by atoms with Crippen molar-refractivity contribution >= 4 is 11.6 Å². The Morgan fingerprint density at radius 1 is 1.53 bits per heavy atom. The van der Waals surface area contributed by atoms with Crippen molar-refractivity contribution in [2.24, 2.45) is 0 Å². The summed E-state index contributed by atoms with van der Waals surface area (Å²) in [5.74, 6) is -0.294. The highest BCUT2D eigenvalue weighted by atomic mass is 35.5. The van der Waals surface area contributed by atoms with Gasteiger partial charge in [0.15, 0.2) is 0 Å². The second-order valence-corrected chi connectivity index (χ2v) is 5.96. The molecule has 1 aromatic rings. The van der Waals surface area contributed by atoms with Crippen LogP contribution in [0.4, 0.5) is 4.39 Å². The molecule has 0 aliphatic carbocycles. The third-order valence-electron chi connectivity index (χ3n) is 3.20. The highest BCUT2D eigenvalue weighted by Crippen LogP contribution is 2.26. The van der Waals surface area contributed by atoms with E-state index in [1.807, 2.05) is 13.8 Å². The van der Waals surface area contributed by atoms with Crippen molar-refractivity contribution in [2.75, 3.05) is 19.7 Å². The molecule has 0 radical (unpaired) electrons. The summed E-state index contributed by atoms with van der Waals surface area (Å²) in [4.78, 5) is 2.06. The number of nitrogens with zero attached hydrogens (tertiary/aromatic N) is 1. The SMILES string of the molecule is CC1(C)CN(Cc2c(F)cccc2Cl)CC(CO)O1. The largest absolute Gasteiger partial charge is 0.394 e. The Morgan fingerprint density at radius 2 is 2.26 bits per heavy atom. The topological polar surface area (TPSA) is 32.7 Å². The molecule has 106 valence electrons. The van der Waals surface area contributed by atoms with Gasteiger partial charge in [0.25, 0.3) is 0 Å². The van der Waals surface area contributed by atoms with Crippen LogP contribution in [0.3, 0.4) is 0 Å². The molecule has 1 N–H and O–H groups in total. The number of halogens is 2. The summed E-state index contributed by atoms with van der Waals surface area (Å²) in [7, 11) is 0. The molecule has 0 amide bonds. The summed E-state index contributed by atoms with van der Waals surface area (Å²) in [6.07, 6.45) is -0.241. The van der Waals surface area contributed by atoms with Crippen LogP contribution >= 0.6 is 11.6 Å². The first kappa shape index (κ1) is 14.7. The highest BCUT2D eigenvalue weighted by molar-refractivity contribution is 6.31. The number of ether oxygens (including phenoxy) is 1. The lowest BCUT2D eigenvalue weighted by Crippen LogP contribution is -2.53. The van der Waals surface area contributed by atoms with Gasteiger partial charge in [-0.3, -0.25) is 4.90 Å². The van der Waals surface area contributed by atoms with Crippen LogP contribution in [0.5, 0.6) is 0 Å². The standard InChI is InChI=1S/C14H19ClFNO2/c1-14(2)9-17(6-10(8-18)19-14)7-11-12(15)4-3-5-13(11)16/h3-5,10,18H,6-9H2,1-2H3. The average molecular weight is 288 g/mol. The van der Waals surface area contributed by atoms with Gasteiger partial charge in [-0.1, -0.05) is 17.7 Å². The molecular weight excluding hydrogens is 269 g/mol. The first-order chi connectivity index (χ1) is 8.91. The fraction of sp³-hybridized carbons (Fsp3) is 0.571. The summed E-state index contributed by atoms with van der Waals surface area (Å²) in [6.45, 7) is 5.56. The van der Waals surface area contributed by atoms with Crippen molar-refractivity contribution in [2.45, 2.75) is 32.1 Å². The summed E-state index contributed by atoms with van der Waals surface area (Å²) < 4.78 is 19.5.